The number of aliphatic carboxylic acids is 1. The van der Waals surface area contributed by atoms with Gasteiger partial charge in [-0.25, -0.2) is 13.2 Å². The summed E-state index contributed by atoms with van der Waals surface area (Å²) in [5, 5.41) is 14.3. The normalized spacial score (nSPS) is 17.8. The van der Waals surface area contributed by atoms with Crippen LogP contribution in [0.2, 0.25) is 0 Å². The van der Waals surface area contributed by atoms with Crippen LogP contribution in [0.25, 0.3) is 33.4 Å². The highest BCUT2D eigenvalue weighted by Crippen LogP contribution is 2.45. The van der Waals surface area contributed by atoms with Gasteiger partial charge < -0.3 is 24.5 Å². The first-order valence-electron chi connectivity index (χ1n) is 24.6. The molecule has 13 nitrogen and oxygen atoms in total. The predicted molar refractivity (Wildman–Crippen MR) is 286 cm³/mol. The zero-order valence-corrected chi connectivity index (χ0v) is 41.9. The second-order valence-electron chi connectivity index (χ2n) is 19.0. The Morgan fingerprint density at radius 1 is 0.824 bits per heavy atom. The van der Waals surface area contributed by atoms with E-state index >= 15 is 0 Å². The summed E-state index contributed by atoms with van der Waals surface area (Å²) in [5.74, 6) is -0.681. The Kier molecular flexibility index (Phi) is 12.2. The molecule has 2 N–H and O–H groups in total. The van der Waals surface area contributed by atoms with Gasteiger partial charge in [0.25, 0.3) is 5.91 Å². The number of para-hydroxylation sites is 2. The van der Waals surface area contributed by atoms with Crippen LogP contribution in [0, 0.1) is 0 Å². The van der Waals surface area contributed by atoms with E-state index in [9.17, 15) is 27.9 Å². The molecule has 0 saturated carbocycles. The summed E-state index contributed by atoms with van der Waals surface area (Å²) in [6.45, 7) is 1.64. The molecular formula is C59H50N5O8S2+. The number of hydrogen-bond acceptors (Lipinski definition) is 9. The van der Waals surface area contributed by atoms with E-state index in [1.165, 1.54) is 32.1 Å². The number of sulfonamides is 1. The zero-order valence-electron chi connectivity index (χ0n) is 40.3. The first-order chi connectivity index (χ1) is 36.0. The number of amides is 2. The lowest BCUT2D eigenvalue weighted by atomic mass is 9.93. The highest BCUT2D eigenvalue weighted by molar-refractivity contribution is 8.00. The van der Waals surface area contributed by atoms with Crippen LogP contribution >= 0.6 is 11.8 Å². The Morgan fingerprint density at radius 3 is 2.41 bits per heavy atom. The maximum absolute atomic E-state index is 14.9. The number of benzene rings is 7. The fourth-order valence-electron chi connectivity index (χ4n) is 10.8. The summed E-state index contributed by atoms with van der Waals surface area (Å²) in [6.07, 6.45) is 1.98. The van der Waals surface area contributed by atoms with Gasteiger partial charge in [0.15, 0.2) is 6.54 Å². The molecule has 0 unspecified atom stereocenters. The molecule has 0 radical (unpaired) electrons. The maximum atomic E-state index is 14.9. The Labute approximate surface area is 432 Å². The van der Waals surface area contributed by atoms with E-state index in [1.54, 1.807) is 43.4 Å². The lowest BCUT2D eigenvalue weighted by Crippen LogP contribution is -2.70. The first kappa shape index (κ1) is 47.1. The van der Waals surface area contributed by atoms with Crippen molar-refractivity contribution < 1.29 is 37.1 Å². The van der Waals surface area contributed by atoms with Crippen LogP contribution in [0.3, 0.4) is 0 Å². The molecule has 1 saturated heterocycles. The van der Waals surface area contributed by atoms with Crippen LogP contribution in [0.5, 0.6) is 5.75 Å². The van der Waals surface area contributed by atoms with Gasteiger partial charge in [-0.2, -0.15) is 8.88 Å². The van der Waals surface area contributed by atoms with Crippen LogP contribution in [-0.2, 0) is 50.2 Å². The smallest absolute Gasteiger partial charge is 0.352 e. The number of carboxylic acid groups (broad SMARTS) is 1. The number of carbonyl (C=O) groups excluding carboxylic acids is 2. The average molecular weight is 1020 g/mol. The number of fused-ring (bicyclic) bond motifs is 5. The van der Waals surface area contributed by atoms with Gasteiger partial charge >= 0.3 is 5.97 Å². The van der Waals surface area contributed by atoms with Gasteiger partial charge in [-0.1, -0.05) is 97.1 Å². The molecule has 6 aromatic carbocycles. The molecule has 2 amide bonds. The predicted octanol–water partition coefficient (Wildman–Crippen LogP) is 8.74. The standard InChI is InChI=1S/C59H49N5O8S2/c1-61(34-38-19-23-44(24-20-38)71-35-41-36-73-58-55(57(66)64(58)56(41)59(67)68)60-53(65)31-37-11-3-2-4-12-37)74(69,70)52-18-10-7-15-47(52)54-45-25-21-42(62-29-27-39-13-5-8-16-48(39)62)32-50(45)72-51-33-43(22-26-46(51)54)63-30-28-40-14-6-9-17-49(40)63/h2-26,32-33,55,58H,27-31,34-36H2,1H3,(H-,60,65,67,68)/p+1/t55-,58-/m1/s1. The van der Waals surface area contributed by atoms with Crippen molar-refractivity contribution in [1.82, 2.24) is 19.1 Å². The number of rotatable bonds is 13. The van der Waals surface area contributed by atoms with Gasteiger partial charge in [-0.3, -0.25) is 14.5 Å². The Balaban J connectivity index is 0.803. The quantitative estimate of drug-likeness (QED) is 0.0652. The average Bonchev–Trinajstić information content (AvgIpc) is 4.06. The number of carboxylic acids is 1. The van der Waals surface area contributed by atoms with Crippen LogP contribution in [0.1, 0.15) is 22.3 Å². The van der Waals surface area contributed by atoms with Gasteiger partial charge in [0, 0.05) is 95.1 Å². The first-order valence-corrected chi connectivity index (χ1v) is 27.0. The third-order valence-corrected chi connectivity index (χ3v) is 17.6. The largest absolute Gasteiger partial charge is 0.489 e. The summed E-state index contributed by atoms with van der Waals surface area (Å²) >= 11 is 1.37. The van der Waals surface area contributed by atoms with Gasteiger partial charge in [0.2, 0.25) is 27.0 Å². The van der Waals surface area contributed by atoms with Gasteiger partial charge in [0.1, 0.15) is 40.8 Å². The second-order valence-corrected chi connectivity index (χ2v) is 22.1. The molecule has 74 heavy (non-hydrogen) atoms. The number of nitrogens with zero attached hydrogens (tertiary/aromatic N) is 4. The molecule has 5 aliphatic heterocycles. The molecule has 1 fully saturated rings. The monoisotopic (exact) mass is 1020 g/mol. The molecule has 1 aliphatic carbocycles. The van der Waals surface area contributed by atoms with Crippen molar-refractivity contribution in [2.45, 2.75) is 42.1 Å². The van der Waals surface area contributed by atoms with Gasteiger partial charge in [0.05, 0.1) is 17.4 Å². The van der Waals surface area contributed by atoms with Crippen molar-refractivity contribution in [1.29, 1.82) is 0 Å². The SMILES string of the molecule is CN(Cc1ccc(OCC2=C(C(=O)O)N3C(=O)[C@@H](NC(=O)Cc4ccccc4)[C@H]3SC2)cc1)S(=O)(=O)c1ccccc1-c1c2ccc(=[N+]3CCc4ccccc43)cc-2oc2cc(N3CCc4ccccc43)ccc12. The molecule has 12 rings (SSSR count). The summed E-state index contributed by atoms with van der Waals surface area (Å²) in [4.78, 5) is 42.3. The molecule has 0 spiro atoms. The maximum Gasteiger partial charge on any atom is 0.352 e. The highest BCUT2D eigenvalue weighted by Gasteiger charge is 2.54. The number of β-lactam (4-membered cyclic amide) rings is 1. The highest BCUT2D eigenvalue weighted by atomic mass is 32.2. The molecule has 2 atom stereocenters. The summed E-state index contributed by atoms with van der Waals surface area (Å²) < 4.78 is 46.4. The van der Waals surface area contributed by atoms with E-state index in [2.05, 4.69) is 87.6 Å². The van der Waals surface area contributed by atoms with Crippen LogP contribution in [-0.4, -0.2) is 84.4 Å². The minimum absolute atomic E-state index is 0.0520. The van der Waals surface area contributed by atoms with E-state index < -0.39 is 33.3 Å². The van der Waals surface area contributed by atoms with Gasteiger partial charge in [-0.05, 0) is 65.6 Å². The van der Waals surface area contributed by atoms with Crippen molar-refractivity contribution in [2.24, 2.45) is 0 Å². The van der Waals surface area contributed by atoms with E-state index in [-0.39, 0.29) is 41.8 Å². The molecule has 0 bridgehead atoms. The lowest BCUT2D eigenvalue weighted by molar-refractivity contribution is -0.150. The van der Waals surface area contributed by atoms with E-state index in [1.807, 2.05) is 54.6 Å². The Morgan fingerprint density at radius 2 is 1.58 bits per heavy atom. The van der Waals surface area contributed by atoms with E-state index in [0.29, 0.717) is 33.8 Å². The lowest BCUT2D eigenvalue weighted by Gasteiger charge is -2.49. The molecule has 0 aromatic heterocycles. The summed E-state index contributed by atoms with van der Waals surface area (Å²) in [6, 6.07) is 51.8. The van der Waals surface area contributed by atoms with Crippen LogP contribution in [0.4, 0.5) is 17.1 Å². The van der Waals surface area contributed by atoms with Crippen molar-refractivity contribution in [3.63, 3.8) is 0 Å². The second kappa shape index (κ2) is 19.1. The summed E-state index contributed by atoms with van der Waals surface area (Å²) in [5.41, 5.74) is 10.4. The van der Waals surface area contributed by atoms with Crippen molar-refractivity contribution >= 4 is 67.6 Å². The van der Waals surface area contributed by atoms with E-state index in [4.69, 9.17) is 9.15 Å². The summed E-state index contributed by atoms with van der Waals surface area (Å²) in [7, 11) is -2.54. The molecule has 15 heteroatoms. The number of nitrogens with one attached hydrogen (secondary N) is 1. The third kappa shape index (κ3) is 8.49. The molecule has 5 heterocycles. The fourth-order valence-corrected chi connectivity index (χ4v) is 13.5. The van der Waals surface area contributed by atoms with Crippen LogP contribution in [0.15, 0.2) is 184 Å². The minimum Gasteiger partial charge on any atom is -0.489 e. The number of carbonyl (C=O) groups is 3. The molecular weight excluding hydrogens is 971 g/mol. The fraction of sp³-hybridized carbons (Fsp3) is 0.186. The Bertz CT molecular complexity index is 3760. The zero-order chi connectivity index (χ0) is 50.7. The molecule has 370 valence electrons. The number of ether oxygens (including phenoxy) is 1. The molecule has 6 aromatic rings. The van der Waals surface area contributed by atoms with Crippen molar-refractivity contribution in [3.8, 4) is 28.2 Å². The Hall–Kier alpha value is -7.98. The van der Waals surface area contributed by atoms with Crippen molar-refractivity contribution in [2.75, 3.05) is 37.4 Å². The minimum atomic E-state index is -4.11. The topological polar surface area (TPSA) is 153 Å². The third-order valence-electron chi connectivity index (χ3n) is 14.4. The molecule has 6 aliphatic rings. The van der Waals surface area contributed by atoms with Crippen molar-refractivity contribution in [3.05, 3.63) is 203 Å². The number of hydrogen-bond donors (Lipinski definition) is 2. The van der Waals surface area contributed by atoms with E-state index in [0.717, 1.165) is 70.4 Å². The number of thioether (sulfide) groups is 1. The number of anilines is 2. The van der Waals surface area contributed by atoms with Gasteiger partial charge in [-0.15, -0.1) is 11.8 Å². The van der Waals surface area contributed by atoms with Crippen LogP contribution < -0.4 is 24.9 Å².